The fourth-order valence-electron chi connectivity index (χ4n) is 0.863. The van der Waals surface area contributed by atoms with Crippen LogP contribution in [-0.4, -0.2) is 32.9 Å². The molecule has 15 heavy (non-hydrogen) atoms. The van der Waals surface area contributed by atoms with Crippen molar-refractivity contribution in [2.45, 2.75) is 18.8 Å². The zero-order chi connectivity index (χ0) is 11.6. The Bertz CT molecular complexity index is 363. The second kappa shape index (κ2) is 3.95. The van der Waals surface area contributed by atoms with Crippen LogP contribution in [-0.2, 0) is 18.3 Å². The van der Waals surface area contributed by atoms with Gasteiger partial charge in [-0.25, -0.2) is 13.8 Å². The number of aromatic nitrogens is 3. The summed E-state index contributed by atoms with van der Waals surface area (Å²) >= 11 is 0. The average molecular weight is 225 g/mol. The Hall–Kier alpha value is -1.47. The highest BCUT2D eigenvalue weighted by atomic mass is 19.3. The third kappa shape index (κ3) is 2.31. The number of aryl methyl sites for hydroxylation is 1. The van der Waals surface area contributed by atoms with Crippen LogP contribution in [0, 0.1) is 0 Å². The number of hydrogen-bond donors (Lipinski definition) is 0. The van der Waals surface area contributed by atoms with E-state index in [9.17, 15) is 22.4 Å². The summed E-state index contributed by atoms with van der Waals surface area (Å²) in [4.78, 5) is 14.3. The van der Waals surface area contributed by atoms with Gasteiger partial charge in [-0.1, -0.05) is 0 Å². The van der Waals surface area contributed by atoms with Crippen molar-refractivity contribution in [2.75, 3.05) is 0 Å². The highest BCUT2D eigenvalue weighted by Gasteiger charge is 2.48. The van der Waals surface area contributed by atoms with E-state index in [1.807, 2.05) is 0 Å². The molecule has 1 aromatic heterocycles. The smallest absolute Gasteiger partial charge is 0.292 e. The molecule has 0 saturated heterocycles. The number of carbonyl (C=O) groups is 1. The summed E-state index contributed by atoms with van der Waals surface area (Å²) in [6.07, 6.45) is -3.82. The number of rotatable bonds is 4. The largest absolute Gasteiger partial charge is 0.364 e. The van der Waals surface area contributed by atoms with Crippen LogP contribution in [0.2, 0.25) is 0 Å². The minimum absolute atomic E-state index is 0.0830. The molecule has 0 aromatic carbocycles. The summed E-state index contributed by atoms with van der Waals surface area (Å²) in [5.41, 5.74) is 0. The van der Waals surface area contributed by atoms with E-state index in [0.29, 0.717) is 0 Å². The van der Waals surface area contributed by atoms with Crippen LogP contribution >= 0.6 is 0 Å². The zero-order valence-electron chi connectivity index (χ0n) is 7.62. The summed E-state index contributed by atoms with van der Waals surface area (Å²) < 4.78 is 49.6. The summed E-state index contributed by atoms with van der Waals surface area (Å²) in [6, 6.07) is 0. The summed E-state index contributed by atoms with van der Waals surface area (Å²) in [6.45, 7) is 0. The number of Topliss-reactive ketones (excluding diaryl/α,β-unsaturated/α-hetero) is 1. The van der Waals surface area contributed by atoms with Crippen molar-refractivity contribution >= 4 is 5.78 Å². The first-order valence-electron chi connectivity index (χ1n) is 3.88. The molecule has 0 spiro atoms. The van der Waals surface area contributed by atoms with E-state index >= 15 is 0 Å². The molecular weight excluding hydrogens is 218 g/mol. The quantitative estimate of drug-likeness (QED) is 0.713. The fourth-order valence-corrected chi connectivity index (χ4v) is 0.863. The van der Waals surface area contributed by atoms with Gasteiger partial charge in [-0.15, -0.1) is 0 Å². The van der Waals surface area contributed by atoms with Crippen LogP contribution in [0.25, 0.3) is 0 Å². The number of halogens is 4. The van der Waals surface area contributed by atoms with Crippen molar-refractivity contribution in [3.05, 3.63) is 12.2 Å². The lowest BCUT2D eigenvalue weighted by Gasteiger charge is -2.12. The molecule has 0 unspecified atom stereocenters. The molecule has 84 valence electrons. The SMILES string of the molecule is Cn1ncnc1CC(=O)C(F)(F)C(F)F. The maximum absolute atomic E-state index is 12.5. The Morgan fingerprint density at radius 2 is 2.20 bits per heavy atom. The predicted molar refractivity (Wildman–Crippen MR) is 40.7 cm³/mol. The zero-order valence-corrected chi connectivity index (χ0v) is 7.62. The van der Waals surface area contributed by atoms with E-state index in [-0.39, 0.29) is 5.82 Å². The van der Waals surface area contributed by atoms with E-state index < -0.39 is 24.6 Å². The van der Waals surface area contributed by atoms with Crippen LogP contribution in [0.5, 0.6) is 0 Å². The Morgan fingerprint density at radius 1 is 1.60 bits per heavy atom. The Labute approximate surface area is 81.9 Å². The third-order valence-corrected chi connectivity index (χ3v) is 1.77. The third-order valence-electron chi connectivity index (χ3n) is 1.77. The monoisotopic (exact) mass is 225 g/mol. The molecule has 0 atom stereocenters. The van der Waals surface area contributed by atoms with E-state index in [2.05, 4.69) is 10.1 Å². The van der Waals surface area contributed by atoms with Gasteiger partial charge in [0.15, 0.2) is 0 Å². The molecule has 0 aliphatic carbocycles. The van der Waals surface area contributed by atoms with Gasteiger partial charge in [0.1, 0.15) is 12.2 Å². The lowest BCUT2D eigenvalue weighted by Crippen LogP contribution is -2.38. The Morgan fingerprint density at radius 3 is 2.60 bits per heavy atom. The van der Waals surface area contributed by atoms with E-state index in [4.69, 9.17) is 0 Å². The van der Waals surface area contributed by atoms with Crippen LogP contribution in [0.4, 0.5) is 17.6 Å². The van der Waals surface area contributed by atoms with Gasteiger partial charge in [0, 0.05) is 7.05 Å². The highest BCUT2D eigenvalue weighted by Crippen LogP contribution is 2.24. The maximum Gasteiger partial charge on any atom is 0.364 e. The molecule has 0 N–H and O–H groups in total. The number of carbonyl (C=O) groups excluding carboxylic acids is 1. The van der Waals surface area contributed by atoms with Gasteiger partial charge in [0.05, 0.1) is 6.42 Å². The molecule has 0 bridgehead atoms. The molecule has 4 nitrogen and oxygen atoms in total. The molecule has 1 rings (SSSR count). The highest BCUT2D eigenvalue weighted by molar-refractivity contribution is 5.87. The normalized spacial score (nSPS) is 12.1. The van der Waals surface area contributed by atoms with Crippen molar-refractivity contribution in [3.8, 4) is 0 Å². The maximum atomic E-state index is 12.5. The van der Waals surface area contributed by atoms with Crippen LogP contribution < -0.4 is 0 Å². The lowest BCUT2D eigenvalue weighted by molar-refractivity contribution is -0.166. The lowest BCUT2D eigenvalue weighted by atomic mass is 10.1. The van der Waals surface area contributed by atoms with Crippen molar-refractivity contribution in [3.63, 3.8) is 0 Å². The molecule has 0 radical (unpaired) electrons. The minimum Gasteiger partial charge on any atom is -0.292 e. The first-order chi connectivity index (χ1) is 6.85. The topological polar surface area (TPSA) is 47.8 Å². The summed E-state index contributed by atoms with van der Waals surface area (Å²) in [7, 11) is 1.37. The summed E-state index contributed by atoms with van der Waals surface area (Å²) in [5.74, 6) is -6.58. The summed E-state index contributed by atoms with van der Waals surface area (Å²) in [5, 5.41) is 3.52. The molecular formula is C7H7F4N3O. The molecule has 0 amide bonds. The van der Waals surface area contributed by atoms with E-state index in [1.165, 1.54) is 7.05 Å². The van der Waals surface area contributed by atoms with Gasteiger partial charge >= 0.3 is 12.3 Å². The molecule has 1 aromatic rings. The van der Waals surface area contributed by atoms with Crippen LogP contribution in [0.3, 0.4) is 0 Å². The van der Waals surface area contributed by atoms with Gasteiger partial charge in [-0.3, -0.25) is 9.48 Å². The molecule has 0 aliphatic heterocycles. The fraction of sp³-hybridized carbons (Fsp3) is 0.571. The first kappa shape index (κ1) is 11.6. The van der Waals surface area contributed by atoms with E-state index in [0.717, 1.165) is 11.0 Å². The van der Waals surface area contributed by atoms with Crippen LogP contribution in [0.1, 0.15) is 5.82 Å². The van der Waals surface area contributed by atoms with Crippen LogP contribution in [0.15, 0.2) is 6.33 Å². The average Bonchev–Trinajstić information content (AvgIpc) is 2.51. The number of nitrogens with zero attached hydrogens (tertiary/aromatic N) is 3. The minimum atomic E-state index is -4.63. The Balaban J connectivity index is 2.76. The van der Waals surface area contributed by atoms with Gasteiger partial charge in [0.25, 0.3) is 0 Å². The molecule has 0 fully saturated rings. The van der Waals surface area contributed by atoms with Gasteiger partial charge in [0.2, 0.25) is 5.78 Å². The van der Waals surface area contributed by atoms with Gasteiger partial charge in [-0.2, -0.15) is 13.9 Å². The Kier molecular flexibility index (Phi) is 3.06. The van der Waals surface area contributed by atoms with E-state index in [1.54, 1.807) is 0 Å². The molecule has 0 aliphatic rings. The second-order valence-corrected chi connectivity index (χ2v) is 2.82. The van der Waals surface area contributed by atoms with Crippen molar-refractivity contribution in [2.24, 2.45) is 7.05 Å². The molecule has 0 saturated carbocycles. The second-order valence-electron chi connectivity index (χ2n) is 2.82. The van der Waals surface area contributed by atoms with Crippen molar-refractivity contribution < 1.29 is 22.4 Å². The number of ketones is 1. The van der Waals surface area contributed by atoms with Crippen molar-refractivity contribution in [1.29, 1.82) is 0 Å². The molecule has 1 heterocycles. The number of alkyl halides is 4. The van der Waals surface area contributed by atoms with Crippen molar-refractivity contribution in [1.82, 2.24) is 14.8 Å². The van der Waals surface area contributed by atoms with Gasteiger partial charge in [-0.05, 0) is 0 Å². The van der Waals surface area contributed by atoms with Gasteiger partial charge < -0.3 is 0 Å². The standard InChI is InChI=1S/C7H7F4N3O/c1-14-5(12-3-13-14)2-4(15)7(10,11)6(8)9/h3,6H,2H2,1H3. The molecule has 8 heteroatoms. The number of hydrogen-bond acceptors (Lipinski definition) is 3. The predicted octanol–water partition coefficient (Wildman–Crippen LogP) is 0.827. The first-order valence-corrected chi connectivity index (χ1v) is 3.88.